The molecule has 0 bridgehead atoms. The van der Waals surface area contributed by atoms with Gasteiger partial charge in [-0.3, -0.25) is 0 Å². The summed E-state index contributed by atoms with van der Waals surface area (Å²) >= 11 is 0. The highest BCUT2D eigenvalue weighted by atomic mass is 15.4. The maximum Gasteiger partial charge on any atom is 0.113 e. The molecule has 1 aliphatic rings. The molecular formula is C16H17N3. The SMILES string of the molecule is Cc1ccc(-c2cn(C3(C)C=CC=CC3)nn2)cc1. The molecule has 19 heavy (non-hydrogen) atoms. The van der Waals surface area contributed by atoms with Crippen LogP contribution in [0.25, 0.3) is 11.3 Å². The summed E-state index contributed by atoms with van der Waals surface area (Å²) in [6, 6.07) is 8.36. The van der Waals surface area contributed by atoms with E-state index in [1.165, 1.54) is 5.56 Å². The molecular weight excluding hydrogens is 234 g/mol. The molecule has 0 spiro atoms. The molecule has 0 saturated heterocycles. The molecule has 0 aliphatic heterocycles. The second-order valence-electron chi connectivity index (χ2n) is 5.26. The topological polar surface area (TPSA) is 30.7 Å². The van der Waals surface area contributed by atoms with E-state index in [0.29, 0.717) is 0 Å². The fourth-order valence-corrected chi connectivity index (χ4v) is 2.26. The van der Waals surface area contributed by atoms with Gasteiger partial charge < -0.3 is 0 Å². The first-order chi connectivity index (χ1) is 9.17. The minimum absolute atomic E-state index is 0.106. The van der Waals surface area contributed by atoms with Crippen molar-refractivity contribution in [2.75, 3.05) is 0 Å². The van der Waals surface area contributed by atoms with Gasteiger partial charge in [-0.15, -0.1) is 5.10 Å². The summed E-state index contributed by atoms with van der Waals surface area (Å²) in [7, 11) is 0. The lowest BCUT2D eigenvalue weighted by molar-refractivity contribution is 0.360. The van der Waals surface area contributed by atoms with Crippen molar-refractivity contribution in [3.63, 3.8) is 0 Å². The molecule has 2 aromatic rings. The standard InChI is InChI=1S/C16H17N3/c1-13-6-8-14(9-7-13)15-12-19(18-17-15)16(2)10-4-3-5-11-16/h3-10,12H,11H2,1-2H3. The van der Waals surface area contributed by atoms with Gasteiger partial charge in [0.2, 0.25) is 0 Å². The third-order valence-corrected chi connectivity index (χ3v) is 3.60. The zero-order chi connectivity index (χ0) is 13.3. The molecule has 0 fully saturated rings. The second-order valence-corrected chi connectivity index (χ2v) is 5.26. The van der Waals surface area contributed by atoms with Gasteiger partial charge in [0.05, 0.1) is 11.7 Å². The van der Waals surface area contributed by atoms with Gasteiger partial charge in [0, 0.05) is 5.56 Å². The first-order valence-electron chi connectivity index (χ1n) is 6.52. The summed E-state index contributed by atoms with van der Waals surface area (Å²) in [6.45, 7) is 4.25. The molecule has 96 valence electrons. The van der Waals surface area contributed by atoms with Gasteiger partial charge in [-0.2, -0.15) is 0 Å². The van der Waals surface area contributed by atoms with Crippen molar-refractivity contribution in [2.45, 2.75) is 25.8 Å². The van der Waals surface area contributed by atoms with Gasteiger partial charge in [-0.05, 0) is 20.3 Å². The Labute approximate surface area is 113 Å². The molecule has 3 heteroatoms. The van der Waals surface area contributed by atoms with E-state index in [4.69, 9.17) is 0 Å². The quantitative estimate of drug-likeness (QED) is 0.818. The molecule has 1 aromatic heterocycles. The lowest BCUT2D eigenvalue weighted by atomic mass is 9.94. The first kappa shape index (κ1) is 11.9. The van der Waals surface area contributed by atoms with Crippen LogP contribution in [0.15, 0.2) is 54.8 Å². The van der Waals surface area contributed by atoms with Crippen LogP contribution >= 0.6 is 0 Å². The number of nitrogens with zero attached hydrogens (tertiary/aromatic N) is 3. The van der Waals surface area contributed by atoms with E-state index in [9.17, 15) is 0 Å². The minimum atomic E-state index is -0.106. The van der Waals surface area contributed by atoms with Crippen molar-refractivity contribution in [1.29, 1.82) is 0 Å². The number of allylic oxidation sites excluding steroid dienone is 4. The summed E-state index contributed by atoms with van der Waals surface area (Å²) in [5.41, 5.74) is 3.17. The summed E-state index contributed by atoms with van der Waals surface area (Å²) in [4.78, 5) is 0. The number of aryl methyl sites for hydroxylation is 1. The maximum absolute atomic E-state index is 4.29. The van der Waals surface area contributed by atoms with Crippen molar-refractivity contribution in [3.05, 3.63) is 60.3 Å². The fraction of sp³-hybridized carbons (Fsp3) is 0.250. The first-order valence-corrected chi connectivity index (χ1v) is 6.52. The van der Waals surface area contributed by atoms with Crippen LogP contribution in [0.5, 0.6) is 0 Å². The minimum Gasteiger partial charge on any atom is -0.242 e. The van der Waals surface area contributed by atoms with Crippen LogP contribution in [0.1, 0.15) is 18.9 Å². The van der Waals surface area contributed by atoms with Crippen LogP contribution in [0.3, 0.4) is 0 Å². The van der Waals surface area contributed by atoms with E-state index in [1.807, 2.05) is 10.9 Å². The zero-order valence-electron chi connectivity index (χ0n) is 11.2. The molecule has 3 nitrogen and oxygen atoms in total. The predicted octanol–water partition coefficient (Wildman–Crippen LogP) is 3.48. The van der Waals surface area contributed by atoms with Gasteiger partial charge in [0.15, 0.2) is 0 Å². The third kappa shape index (κ3) is 2.24. The van der Waals surface area contributed by atoms with Crippen molar-refractivity contribution in [2.24, 2.45) is 0 Å². The smallest absolute Gasteiger partial charge is 0.113 e. The highest BCUT2D eigenvalue weighted by Crippen LogP contribution is 2.27. The van der Waals surface area contributed by atoms with E-state index in [-0.39, 0.29) is 5.54 Å². The van der Waals surface area contributed by atoms with E-state index in [2.05, 4.69) is 72.7 Å². The highest BCUT2D eigenvalue weighted by Gasteiger charge is 2.24. The molecule has 1 aliphatic carbocycles. The number of rotatable bonds is 2. The summed E-state index contributed by atoms with van der Waals surface area (Å²) in [6.07, 6.45) is 11.4. The Bertz CT molecular complexity index is 634. The Morgan fingerprint density at radius 1 is 1.16 bits per heavy atom. The molecule has 1 aromatic carbocycles. The molecule has 1 atom stereocenters. The molecule has 0 N–H and O–H groups in total. The Hall–Kier alpha value is -2.16. The second kappa shape index (κ2) is 4.50. The maximum atomic E-state index is 4.29. The largest absolute Gasteiger partial charge is 0.242 e. The predicted molar refractivity (Wildman–Crippen MR) is 76.7 cm³/mol. The highest BCUT2D eigenvalue weighted by molar-refractivity contribution is 5.58. The normalized spacial score (nSPS) is 21.8. The average molecular weight is 251 g/mol. The number of hydrogen-bond donors (Lipinski definition) is 0. The molecule has 0 saturated carbocycles. The van der Waals surface area contributed by atoms with Gasteiger partial charge >= 0.3 is 0 Å². The number of aromatic nitrogens is 3. The van der Waals surface area contributed by atoms with Gasteiger partial charge in [-0.25, -0.2) is 4.68 Å². The van der Waals surface area contributed by atoms with Gasteiger partial charge in [-0.1, -0.05) is 59.3 Å². The van der Waals surface area contributed by atoms with Gasteiger partial charge in [0.25, 0.3) is 0 Å². The van der Waals surface area contributed by atoms with E-state index in [0.717, 1.165) is 17.7 Å². The molecule has 0 amide bonds. The fourth-order valence-electron chi connectivity index (χ4n) is 2.26. The van der Waals surface area contributed by atoms with E-state index < -0.39 is 0 Å². The van der Waals surface area contributed by atoms with Crippen molar-refractivity contribution in [3.8, 4) is 11.3 Å². The van der Waals surface area contributed by atoms with Crippen LogP contribution in [0.2, 0.25) is 0 Å². The van der Waals surface area contributed by atoms with Crippen molar-refractivity contribution >= 4 is 0 Å². The third-order valence-electron chi connectivity index (χ3n) is 3.60. The molecule has 1 heterocycles. The van der Waals surface area contributed by atoms with Crippen molar-refractivity contribution in [1.82, 2.24) is 15.0 Å². The average Bonchev–Trinajstić information content (AvgIpc) is 2.91. The molecule has 1 unspecified atom stereocenters. The zero-order valence-corrected chi connectivity index (χ0v) is 11.2. The van der Waals surface area contributed by atoms with Crippen LogP contribution in [-0.4, -0.2) is 15.0 Å². The lowest BCUT2D eigenvalue weighted by Gasteiger charge is -2.26. The molecule has 0 radical (unpaired) electrons. The van der Waals surface area contributed by atoms with E-state index in [1.54, 1.807) is 0 Å². The Balaban J connectivity index is 1.93. The summed E-state index contributed by atoms with van der Waals surface area (Å²) in [5, 5.41) is 8.58. The lowest BCUT2D eigenvalue weighted by Crippen LogP contribution is -2.28. The summed E-state index contributed by atoms with van der Waals surface area (Å²) < 4.78 is 1.95. The number of benzene rings is 1. The summed E-state index contributed by atoms with van der Waals surface area (Å²) in [5.74, 6) is 0. The Morgan fingerprint density at radius 3 is 2.63 bits per heavy atom. The Morgan fingerprint density at radius 2 is 1.95 bits per heavy atom. The van der Waals surface area contributed by atoms with Crippen LogP contribution in [0.4, 0.5) is 0 Å². The van der Waals surface area contributed by atoms with Crippen molar-refractivity contribution < 1.29 is 0 Å². The van der Waals surface area contributed by atoms with E-state index >= 15 is 0 Å². The Kier molecular flexibility index (Phi) is 2.82. The van der Waals surface area contributed by atoms with Crippen LogP contribution in [0, 0.1) is 6.92 Å². The number of hydrogen-bond acceptors (Lipinski definition) is 2. The monoisotopic (exact) mass is 251 g/mol. The van der Waals surface area contributed by atoms with Crippen LogP contribution < -0.4 is 0 Å². The van der Waals surface area contributed by atoms with Crippen LogP contribution in [-0.2, 0) is 5.54 Å². The molecule has 3 rings (SSSR count). The van der Waals surface area contributed by atoms with Gasteiger partial charge in [0.1, 0.15) is 5.69 Å².